The van der Waals surface area contributed by atoms with Crippen LogP contribution >= 0.6 is 11.6 Å². The van der Waals surface area contributed by atoms with Crippen LogP contribution in [0.15, 0.2) is 6.07 Å². The van der Waals surface area contributed by atoms with Crippen molar-refractivity contribution in [3.05, 3.63) is 22.9 Å². The van der Waals surface area contributed by atoms with Gasteiger partial charge in [0.15, 0.2) is 0 Å². The average molecular weight is 323 g/mol. The minimum atomic E-state index is -5.19. The minimum Gasteiger partial charge on any atom is -0.388 e. The maximum atomic E-state index is 12.8. The van der Waals surface area contributed by atoms with Crippen LogP contribution in [0, 0.1) is 0 Å². The number of nitrogens with two attached hydrogens (primary N) is 1. The van der Waals surface area contributed by atoms with Gasteiger partial charge in [0.25, 0.3) is 5.24 Å². The summed E-state index contributed by atoms with van der Waals surface area (Å²) >= 11 is 4.94. The van der Waals surface area contributed by atoms with Crippen LogP contribution in [0.1, 0.15) is 21.6 Å². The lowest BCUT2D eigenvalue weighted by atomic mass is 10.1. The van der Waals surface area contributed by atoms with E-state index in [4.69, 9.17) is 17.3 Å². The molecule has 0 saturated carbocycles. The molecule has 112 valence electrons. The largest absolute Gasteiger partial charge is 0.574 e. The Kier molecular flexibility index (Phi) is 4.49. The summed E-state index contributed by atoms with van der Waals surface area (Å²) in [5, 5.41) is -1.61. The summed E-state index contributed by atoms with van der Waals surface area (Å²) in [5.41, 5.74) is 1.21. The van der Waals surface area contributed by atoms with Crippen LogP contribution in [-0.2, 0) is 12.7 Å². The maximum Gasteiger partial charge on any atom is 0.574 e. The van der Waals surface area contributed by atoms with Gasteiger partial charge in [-0.2, -0.15) is 13.2 Å². The van der Waals surface area contributed by atoms with Crippen molar-refractivity contribution in [3.63, 3.8) is 0 Å². The number of nitrogens with zero attached hydrogens (tertiary/aromatic N) is 1. The molecule has 0 aromatic carbocycles. The third-order valence-electron chi connectivity index (χ3n) is 1.98. The Morgan fingerprint density at radius 3 is 2.20 bits per heavy atom. The van der Waals surface area contributed by atoms with Crippen molar-refractivity contribution in [1.82, 2.24) is 4.98 Å². The fourth-order valence-electron chi connectivity index (χ4n) is 1.36. The number of aromatic nitrogens is 1. The van der Waals surface area contributed by atoms with Gasteiger partial charge in [0.1, 0.15) is 0 Å². The van der Waals surface area contributed by atoms with Gasteiger partial charge in [-0.3, -0.25) is 4.79 Å². The number of pyridine rings is 1. The van der Waals surface area contributed by atoms with Crippen molar-refractivity contribution < 1.29 is 35.9 Å². The van der Waals surface area contributed by atoms with Gasteiger partial charge in [0, 0.05) is 12.6 Å². The first-order valence-electron chi connectivity index (χ1n) is 4.72. The van der Waals surface area contributed by atoms with Crippen molar-refractivity contribution >= 4 is 16.8 Å². The molecule has 20 heavy (non-hydrogen) atoms. The monoisotopic (exact) mass is 322 g/mol. The maximum absolute atomic E-state index is 12.8. The molecule has 1 rings (SSSR count). The van der Waals surface area contributed by atoms with Crippen LogP contribution in [-0.4, -0.2) is 16.6 Å². The highest BCUT2D eigenvalue weighted by Crippen LogP contribution is 2.37. The lowest BCUT2D eigenvalue weighted by Crippen LogP contribution is -2.22. The number of alkyl halides is 6. The molecule has 11 heteroatoms. The molecule has 0 aliphatic carbocycles. The number of rotatable bonds is 3. The van der Waals surface area contributed by atoms with Crippen LogP contribution in [0.5, 0.6) is 5.88 Å². The molecule has 0 bridgehead atoms. The molecule has 1 aromatic heterocycles. The number of carbonyl (C=O) groups excluding carboxylic acids is 1. The number of halogens is 7. The van der Waals surface area contributed by atoms with Crippen molar-refractivity contribution in [1.29, 1.82) is 0 Å². The Morgan fingerprint density at radius 2 is 1.85 bits per heavy atom. The molecule has 1 aromatic rings. The Balaban J connectivity index is 3.51. The van der Waals surface area contributed by atoms with Gasteiger partial charge in [0.2, 0.25) is 5.88 Å². The minimum absolute atomic E-state index is 0.158. The summed E-state index contributed by atoms with van der Waals surface area (Å²) in [4.78, 5) is 13.9. The fourth-order valence-corrected chi connectivity index (χ4v) is 1.51. The molecule has 4 nitrogen and oxygen atoms in total. The molecule has 0 aliphatic heterocycles. The summed E-state index contributed by atoms with van der Waals surface area (Å²) in [7, 11) is 0. The standard InChI is InChI=1S/C9H5ClF6N2O2/c10-7(19)3-1-5(20-9(14,15)16)18-4(2-17)6(3)8(11,12)13/h1H,2,17H2. The SMILES string of the molecule is NCc1nc(OC(F)(F)F)cc(C(=O)Cl)c1C(F)(F)F. The zero-order valence-electron chi connectivity index (χ0n) is 9.27. The molecule has 0 saturated heterocycles. The van der Waals surface area contributed by atoms with Crippen molar-refractivity contribution in [2.75, 3.05) is 0 Å². The number of hydrogen-bond donors (Lipinski definition) is 1. The highest BCUT2D eigenvalue weighted by atomic mass is 35.5. The fraction of sp³-hybridized carbons (Fsp3) is 0.333. The Bertz CT molecular complexity index is 528. The summed E-state index contributed by atoms with van der Waals surface area (Å²) in [6, 6.07) is 0.158. The molecule has 0 spiro atoms. The van der Waals surface area contributed by atoms with E-state index in [1.165, 1.54) is 0 Å². The Labute approximate surface area is 112 Å². The highest BCUT2D eigenvalue weighted by molar-refractivity contribution is 6.68. The summed E-state index contributed by atoms with van der Waals surface area (Å²) < 4.78 is 77.7. The quantitative estimate of drug-likeness (QED) is 0.686. The van der Waals surface area contributed by atoms with Gasteiger partial charge in [-0.15, -0.1) is 13.2 Å². The molecule has 1 heterocycles. The smallest absolute Gasteiger partial charge is 0.388 e. The third kappa shape index (κ3) is 3.97. The van der Waals surface area contributed by atoms with E-state index in [-0.39, 0.29) is 6.07 Å². The molecular formula is C9H5ClF6N2O2. The van der Waals surface area contributed by atoms with Crippen molar-refractivity contribution in [2.24, 2.45) is 5.73 Å². The van der Waals surface area contributed by atoms with Crippen molar-refractivity contribution in [3.8, 4) is 5.88 Å². The number of hydrogen-bond acceptors (Lipinski definition) is 4. The lowest BCUT2D eigenvalue weighted by molar-refractivity contribution is -0.276. The van der Waals surface area contributed by atoms with Gasteiger partial charge in [-0.1, -0.05) is 0 Å². The Hall–Kier alpha value is -1.55. The van der Waals surface area contributed by atoms with Crippen LogP contribution in [0.3, 0.4) is 0 Å². The predicted molar refractivity (Wildman–Crippen MR) is 54.0 cm³/mol. The van der Waals surface area contributed by atoms with E-state index < -0.39 is 47.0 Å². The first-order chi connectivity index (χ1) is 8.95. The van der Waals surface area contributed by atoms with Gasteiger partial charge in [-0.05, 0) is 11.6 Å². The number of ether oxygens (including phenoxy) is 1. The predicted octanol–water partition coefficient (Wildman–Crippen LogP) is 2.84. The molecule has 2 N–H and O–H groups in total. The average Bonchev–Trinajstić information content (AvgIpc) is 2.23. The molecule has 0 radical (unpaired) electrons. The first kappa shape index (κ1) is 16.5. The second-order valence-electron chi connectivity index (χ2n) is 3.35. The van der Waals surface area contributed by atoms with E-state index in [0.29, 0.717) is 0 Å². The molecule has 0 aliphatic rings. The second-order valence-corrected chi connectivity index (χ2v) is 3.70. The third-order valence-corrected chi connectivity index (χ3v) is 2.18. The highest BCUT2D eigenvalue weighted by Gasteiger charge is 2.40. The molecule has 0 unspecified atom stereocenters. The summed E-state index contributed by atoms with van der Waals surface area (Å²) in [6.45, 7) is -0.860. The second kappa shape index (κ2) is 5.44. The van der Waals surface area contributed by atoms with E-state index >= 15 is 0 Å². The Morgan fingerprint density at radius 1 is 1.30 bits per heavy atom. The van der Waals surface area contributed by atoms with Crippen molar-refractivity contribution in [2.45, 2.75) is 19.1 Å². The van der Waals surface area contributed by atoms with E-state index in [1.807, 2.05) is 0 Å². The molecule has 0 fully saturated rings. The van der Waals surface area contributed by atoms with E-state index in [9.17, 15) is 31.1 Å². The zero-order valence-corrected chi connectivity index (χ0v) is 10.0. The van der Waals surface area contributed by atoms with Crippen LogP contribution in [0.4, 0.5) is 26.3 Å². The van der Waals surface area contributed by atoms with Crippen LogP contribution in [0.25, 0.3) is 0 Å². The van der Waals surface area contributed by atoms with Crippen LogP contribution in [0.2, 0.25) is 0 Å². The van der Waals surface area contributed by atoms with E-state index in [0.717, 1.165) is 0 Å². The summed E-state index contributed by atoms with van der Waals surface area (Å²) in [6.07, 6.45) is -10.2. The lowest BCUT2D eigenvalue weighted by Gasteiger charge is -2.16. The topological polar surface area (TPSA) is 65.2 Å². The zero-order chi connectivity index (χ0) is 15.7. The van der Waals surface area contributed by atoms with E-state index in [1.54, 1.807) is 0 Å². The van der Waals surface area contributed by atoms with Gasteiger partial charge in [-0.25, -0.2) is 4.98 Å². The molecule has 0 atom stereocenters. The van der Waals surface area contributed by atoms with Gasteiger partial charge >= 0.3 is 12.5 Å². The van der Waals surface area contributed by atoms with E-state index in [2.05, 4.69) is 9.72 Å². The normalized spacial score (nSPS) is 12.4. The molecular weight excluding hydrogens is 318 g/mol. The summed E-state index contributed by atoms with van der Waals surface area (Å²) in [5.74, 6) is -1.25. The van der Waals surface area contributed by atoms with Gasteiger partial charge in [0.05, 0.1) is 16.8 Å². The van der Waals surface area contributed by atoms with Crippen LogP contribution < -0.4 is 10.5 Å². The molecule has 0 amide bonds. The first-order valence-corrected chi connectivity index (χ1v) is 5.10. The van der Waals surface area contributed by atoms with Gasteiger partial charge < -0.3 is 10.5 Å². The number of carbonyl (C=O) groups is 1.